The average Bonchev–Trinajstić information content (AvgIpc) is 3.07. The van der Waals surface area contributed by atoms with Crippen molar-refractivity contribution in [3.05, 3.63) is 35.4 Å². The number of carbonyl (C=O) groups is 1. The number of hydrogen-bond donors (Lipinski definition) is 0. The number of benzene rings is 1. The fourth-order valence-electron chi connectivity index (χ4n) is 2.96. The van der Waals surface area contributed by atoms with Gasteiger partial charge in [-0.05, 0) is 51.7 Å². The van der Waals surface area contributed by atoms with E-state index in [4.69, 9.17) is 0 Å². The monoisotopic (exact) mass is 437 g/mol. The first-order chi connectivity index (χ1) is 13.2. The third-order valence-corrected chi connectivity index (χ3v) is 7.69. The summed E-state index contributed by atoms with van der Waals surface area (Å²) in [4.78, 5) is 14.7. The second-order valence-electron chi connectivity index (χ2n) is 7.71. The Labute approximate surface area is 181 Å². The molecule has 7 heteroatoms. The van der Waals surface area contributed by atoms with Gasteiger partial charge >= 0.3 is 0 Å². The minimum atomic E-state index is -0.167. The average molecular weight is 438 g/mol. The van der Waals surface area contributed by atoms with Crippen LogP contribution < -0.4 is 0 Å². The number of nitrogens with zero attached hydrogens (tertiary/aromatic N) is 3. The first kappa shape index (κ1) is 23.2. The maximum Gasteiger partial charge on any atom is 0.236 e. The third-order valence-electron chi connectivity index (χ3n) is 4.39. The van der Waals surface area contributed by atoms with E-state index < -0.39 is 0 Å². The Morgan fingerprint density at radius 1 is 0.964 bits per heavy atom. The first-order valence-electron chi connectivity index (χ1n) is 9.73. The van der Waals surface area contributed by atoms with Gasteiger partial charge < -0.3 is 4.90 Å². The normalized spacial score (nSPS) is 12.8. The molecule has 1 aromatic carbocycles. The molecular weight excluding hydrogens is 406 g/mol. The van der Waals surface area contributed by atoms with Crippen LogP contribution in [0.2, 0.25) is 0 Å². The van der Waals surface area contributed by atoms with Crippen molar-refractivity contribution < 1.29 is 4.79 Å². The maximum atomic E-state index is 12.8. The van der Waals surface area contributed by atoms with Crippen molar-refractivity contribution in [3.63, 3.8) is 0 Å². The van der Waals surface area contributed by atoms with Gasteiger partial charge in [0.1, 0.15) is 0 Å². The van der Waals surface area contributed by atoms with Crippen LogP contribution in [0.15, 0.2) is 32.9 Å². The SMILES string of the molecule is CC(Sc1nnc(SCc2ccc(C(C)C)cc2)s1)C(=O)N(C(C)C)C(C)C. The molecule has 0 aliphatic heterocycles. The Bertz CT molecular complexity index is 749. The number of amides is 1. The molecule has 0 bridgehead atoms. The van der Waals surface area contributed by atoms with Crippen LogP contribution in [0.3, 0.4) is 0 Å². The lowest BCUT2D eigenvalue weighted by Crippen LogP contribution is -2.45. The van der Waals surface area contributed by atoms with Gasteiger partial charge in [0.2, 0.25) is 5.91 Å². The molecule has 0 aliphatic carbocycles. The summed E-state index contributed by atoms with van der Waals surface area (Å²) in [5, 5.41) is 8.40. The highest BCUT2D eigenvalue weighted by atomic mass is 32.2. The van der Waals surface area contributed by atoms with E-state index in [1.807, 2.05) is 11.8 Å². The van der Waals surface area contributed by atoms with Gasteiger partial charge in [-0.25, -0.2) is 0 Å². The molecule has 0 N–H and O–H groups in total. The summed E-state index contributed by atoms with van der Waals surface area (Å²) >= 11 is 4.77. The molecule has 1 amide bonds. The van der Waals surface area contributed by atoms with E-state index in [-0.39, 0.29) is 23.2 Å². The standard InChI is InChI=1S/C21H31N3OS3/c1-13(2)18-10-8-17(9-11-18)12-26-20-22-23-21(28-20)27-16(7)19(25)24(14(3)4)15(5)6/h8-11,13-16H,12H2,1-7H3. The van der Waals surface area contributed by atoms with E-state index in [1.54, 1.807) is 23.1 Å². The predicted octanol–water partition coefficient (Wildman–Crippen LogP) is 6.08. The smallest absolute Gasteiger partial charge is 0.236 e. The second kappa shape index (κ2) is 10.6. The fourth-order valence-corrected chi connectivity index (χ4v) is 6.14. The zero-order valence-corrected chi connectivity index (χ0v) is 20.3. The zero-order chi connectivity index (χ0) is 20.8. The summed E-state index contributed by atoms with van der Waals surface area (Å²) < 4.78 is 1.80. The zero-order valence-electron chi connectivity index (χ0n) is 17.8. The van der Waals surface area contributed by atoms with E-state index in [2.05, 4.69) is 76.0 Å². The van der Waals surface area contributed by atoms with Crippen molar-refractivity contribution >= 4 is 40.8 Å². The molecule has 154 valence electrons. The molecule has 1 unspecified atom stereocenters. The number of thioether (sulfide) groups is 2. The molecule has 1 aromatic heterocycles. The van der Waals surface area contributed by atoms with Crippen molar-refractivity contribution in [3.8, 4) is 0 Å². The number of hydrogen-bond acceptors (Lipinski definition) is 6. The van der Waals surface area contributed by atoms with Gasteiger partial charge in [-0.3, -0.25) is 4.79 Å². The Balaban J connectivity index is 1.91. The highest BCUT2D eigenvalue weighted by Gasteiger charge is 2.26. The van der Waals surface area contributed by atoms with Gasteiger partial charge in [0.05, 0.1) is 5.25 Å². The van der Waals surface area contributed by atoms with Crippen molar-refractivity contribution in [2.45, 2.75) is 86.1 Å². The van der Waals surface area contributed by atoms with Gasteiger partial charge in [-0.2, -0.15) is 0 Å². The highest BCUT2D eigenvalue weighted by molar-refractivity contribution is 8.03. The van der Waals surface area contributed by atoms with Crippen LogP contribution in [0.1, 0.15) is 65.5 Å². The molecule has 1 atom stereocenters. The molecule has 2 aromatic rings. The first-order valence-corrected chi connectivity index (χ1v) is 12.4. The molecule has 1 heterocycles. The molecule has 2 rings (SSSR count). The van der Waals surface area contributed by atoms with Crippen LogP contribution in [0.5, 0.6) is 0 Å². The molecule has 4 nitrogen and oxygen atoms in total. The van der Waals surface area contributed by atoms with Crippen LogP contribution in [0.25, 0.3) is 0 Å². The van der Waals surface area contributed by atoms with Crippen LogP contribution in [-0.2, 0) is 10.5 Å². The van der Waals surface area contributed by atoms with Crippen LogP contribution >= 0.6 is 34.9 Å². The molecular formula is C21H31N3OS3. The van der Waals surface area contributed by atoms with Gasteiger partial charge in [0.15, 0.2) is 8.68 Å². The minimum Gasteiger partial charge on any atom is -0.337 e. The van der Waals surface area contributed by atoms with Gasteiger partial charge in [0.25, 0.3) is 0 Å². The maximum absolute atomic E-state index is 12.8. The summed E-state index contributed by atoms with van der Waals surface area (Å²) in [5.41, 5.74) is 2.64. The molecule has 0 aliphatic rings. The van der Waals surface area contributed by atoms with Crippen molar-refractivity contribution in [2.75, 3.05) is 0 Å². The van der Waals surface area contributed by atoms with Gasteiger partial charge in [-0.15, -0.1) is 10.2 Å². The van der Waals surface area contributed by atoms with E-state index >= 15 is 0 Å². The summed E-state index contributed by atoms with van der Waals surface area (Å²) in [6.45, 7) is 14.6. The van der Waals surface area contributed by atoms with Crippen molar-refractivity contribution in [1.29, 1.82) is 0 Å². The summed E-state index contributed by atoms with van der Waals surface area (Å²) in [6.07, 6.45) is 0. The summed E-state index contributed by atoms with van der Waals surface area (Å²) in [6, 6.07) is 9.16. The Kier molecular flexibility index (Phi) is 8.83. The number of rotatable bonds is 9. The molecule has 28 heavy (non-hydrogen) atoms. The number of carbonyl (C=O) groups excluding carboxylic acids is 1. The van der Waals surface area contributed by atoms with Crippen molar-refractivity contribution in [1.82, 2.24) is 15.1 Å². The van der Waals surface area contributed by atoms with Gasteiger partial charge in [0, 0.05) is 17.8 Å². The quantitative estimate of drug-likeness (QED) is 0.445. The highest BCUT2D eigenvalue weighted by Crippen LogP contribution is 2.33. The van der Waals surface area contributed by atoms with E-state index in [0.29, 0.717) is 5.92 Å². The lowest BCUT2D eigenvalue weighted by atomic mass is 10.0. The molecule has 0 saturated carbocycles. The molecule has 0 fully saturated rings. The molecule has 0 saturated heterocycles. The van der Waals surface area contributed by atoms with Crippen molar-refractivity contribution in [2.24, 2.45) is 0 Å². The van der Waals surface area contributed by atoms with Crippen LogP contribution in [0, 0.1) is 0 Å². The van der Waals surface area contributed by atoms with Gasteiger partial charge in [-0.1, -0.05) is 73.0 Å². The van der Waals surface area contributed by atoms with E-state index in [1.165, 1.54) is 22.9 Å². The van der Waals surface area contributed by atoms with Crippen LogP contribution in [0.4, 0.5) is 0 Å². The molecule has 0 radical (unpaired) electrons. The topological polar surface area (TPSA) is 46.1 Å². The summed E-state index contributed by atoms with van der Waals surface area (Å²) in [5.74, 6) is 1.58. The number of aromatic nitrogens is 2. The largest absolute Gasteiger partial charge is 0.337 e. The Morgan fingerprint density at radius 3 is 2.07 bits per heavy atom. The second-order valence-corrected chi connectivity index (χ2v) is 11.5. The minimum absolute atomic E-state index is 0.157. The van der Waals surface area contributed by atoms with E-state index in [9.17, 15) is 4.79 Å². The lowest BCUT2D eigenvalue weighted by molar-refractivity contribution is -0.133. The van der Waals surface area contributed by atoms with Crippen LogP contribution in [-0.4, -0.2) is 38.3 Å². The molecule has 0 spiro atoms. The third kappa shape index (κ3) is 6.49. The fraction of sp³-hybridized carbons (Fsp3) is 0.571. The predicted molar refractivity (Wildman–Crippen MR) is 122 cm³/mol. The van der Waals surface area contributed by atoms with E-state index in [0.717, 1.165) is 14.4 Å². The Morgan fingerprint density at radius 2 is 1.54 bits per heavy atom. The summed E-state index contributed by atoms with van der Waals surface area (Å²) in [7, 11) is 0. The Hall–Kier alpha value is -1.05. The lowest BCUT2D eigenvalue weighted by Gasteiger charge is -2.32.